The molecule has 1 aliphatic rings. The standard InChI is InChI=1S/C27H26FNO4/c1-17-8-11-19(12-9-17)24-25(20-6-4-5-7-21(20)28)29(27(31)26(24)30)15-14-18-10-13-22(32-2)23(16-18)33-3/h4-13,16,25,30H,14-15H2,1-3H3/t25-/m0/s1. The molecule has 3 aromatic carbocycles. The minimum atomic E-state index is -0.735. The van der Waals surface area contributed by atoms with Crippen LogP contribution in [-0.4, -0.2) is 36.7 Å². The largest absolute Gasteiger partial charge is 0.503 e. The molecule has 0 spiro atoms. The van der Waals surface area contributed by atoms with Gasteiger partial charge >= 0.3 is 0 Å². The number of methoxy groups -OCH3 is 2. The Morgan fingerprint density at radius 2 is 1.67 bits per heavy atom. The van der Waals surface area contributed by atoms with Crippen LogP contribution in [0, 0.1) is 12.7 Å². The minimum absolute atomic E-state index is 0.284. The topological polar surface area (TPSA) is 59.0 Å². The number of nitrogens with zero attached hydrogens (tertiary/aromatic N) is 1. The van der Waals surface area contributed by atoms with Gasteiger partial charge < -0.3 is 19.5 Å². The molecule has 1 atom stereocenters. The van der Waals surface area contributed by atoms with E-state index in [1.807, 2.05) is 49.4 Å². The quantitative estimate of drug-likeness (QED) is 0.538. The van der Waals surface area contributed by atoms with Crippen LogP contribution < -0.4 is 9.47 Å². The fraction of sp³-hybridized carbons (Fsp3) is 0.222. The number of ether oxygens (including phenoxy) is 2. The molecule has 4 rings (SSSR count). The highest BCUT2D eigenvalue weighted by Gasteiger charge is 2.41. The van der Waals surface area contributed by atoms with E-state index in [4.69, 9.17) is 9.47 Å². The maximum Gasteiger partial charge on any atom is 0.289 e. The number of benzene rings is 3. The molecule has 0 fully saturated rings. The summed E-state index contributed by atoms with van der Waals surface area (Å²) in [7, 11) is 3.14. The van der Waals surface area contributed by atoms with Crippen molar-refractivity contribution in [3.05, 3.63) is 101 Å². The summed E-state index contributed by atoms with van der Waals surface area (Å²) in [4.78, 5) is 14.7. The van der Waals surface area contributed by atoms with Crippen LogP contribution >= 0.6 is 0 Å². The van der Waals surface area contributed by atoms with Gasteiger partial charge in [-0.15, -0.1) is 0 Å². The van der Waals surface area contributed by atoms with Crippen molar-refractivity contribution in [2.45, 2.75) is 19.4 Å². The van der Waals surface area contributed by atoms with E-state index in [1.54, 1.807) is 32.4 Å². The van der Waals surface area contributed by atoms with Gasteiger partial charge in [-0.25, -0.2) is 4.39 Å². The molecule has 5 nitrogen and oxygen atoms in total. The number of aliphatic hydroxyl groups is 1. The first-order chi connectivity index (χ1) is 15.9. The van der Waals surface area contributed by atoms with Crippen molar-refractivity contribution >= 4 is 11.5 Å². The van der Waals surface area contributed by atoms with E-state index in [2.05, 4.69) is 0 Å². The van der Waals surface area contributed by atoms with Crippen LogP contribution in [0.4, 0.5) is 4.39 Å². The van der Waals surface area contributed by atoms with Crippen molar-refractivity contribution in [3.8, 4) is 11.5 Å². The highest BCUT2D eigenvalue weighted by atomic mass is 19.1. The van der Waals surface area contributed by atoms with Crippen molar-refractivity contribution in [1.82, 2.24) is 4.90 Å². The number of aliphatic hydroxyl groups excluding tert-OH is 1. The normalized spacial score (nSPS) is 15.8. The molecule has 0 unspecified atom stereocenters. The van der Waals surface area contributed by atoms with Gasteiger partial charge in [-0.2, -0.15) is 0 Å². The number of rotatable bonds is 7. The van der Waals surface area contributed by atoms with E-state index in [9.17, 15) is 14.3 Å². The van der Waals surface area contributed by atoms with Crippen molar-refractivity contribution in [1.29, 1.82) is 0 Å². The van der Waals surface area contributed by atoms with E-state index in [-0.39, 0.29) is 12.3 Å². The predicted octanol–water partition coefficient (Wildman–Crippen LogP) is 5.25. The lowest BCUT2D eigenvalue weighted by Crippen LogP contribution is -2.32. The zero-order valence-electron chi connectivity index (χ0n) is 18.8. The van der Waals surface area contributed by atoms with Crippen molar-refractivity contribution in [2.75, 3.05) is 20.8 Å². The van der Waals surface area contributed by atoms with Crippen LogP contribution in [0.1, 0.15) is 28.3 Å². The highest BCUT2D eigenvalue weighted by molar-refractivity contribution is 6.05. The van der Waals surface area contributed by atoms with Crippen LogP contribution in [0.5, 0.6) is 11.5 Å². The molecule has 1 aliphatic heterocycles. The monoisotopic (exact) mass is 447 g/mol. The maximum atomic E-state index is 14.9. The molecule has 1 amide bonds. The van der Waals surface area contributed by atoms with Gasteiger partial charge in [0.25, 0.3) is 5.91 Å². The van der Waals surface area contributed by atoms with E-state index in [1.165, 1.54) is 11.0 Å². The Kier molecular flexibility index (Phi) is 6.36. The van der Waals surface area contributed by atoms with Crippen LogP contribution in [0.2, 0.25) is 0 Å². The van der Waals surface area contributed by atoms with Gasteiger partial charge in [0, 0.05) is 17.7 Å². The molecule has 0 radical (unpaired) electrons. The zero-order valence-corrected chi connectivity index (χ0v) is 18.8. The van der Waals surface area contributed by atoms with Crippen molar-refractivity contribution in [2.24, 2.45) is 0 Å². The second-order valence-electron chi connectivity index (χ2n) is 7.99. The lowest BCUT2D eigenvalue weighted by molar-refractivity contribution is -0.129. The lowest BCUT2D eigenvalue weighted by atomic mass is 9.92. The summed E-state index contributed by atoms with van der Waals surface area (Å²) in [6.45, 7) is 2.24. The summed E-state index contributed by atoms with van der Waals surface area (Å²) in [5.41, 5.74) is 3.43. The predicted molar refractivity (Wildman–Crippen MR) is 125 cm³/mol. The Morgan fingerprint density at radius 1 is 0.970 bits per heavy atom. The Bertz CT molecular complexity index is 1200. The van der Waals surface area contributed by atoms with Crippen LogP contribution in [0.3, 0.4) is 0 Å². The summed E-state index contributed by atoms with van der Waals surface area (Å²) in [5.74, 6) is -0.0807. The second-order valence-corrected chi connectivity index (χ2v) is 7.99. The first-order valence-corrected chi connectivity index (χ1v) is 10.7. The zero-order chi connectivity index (χ0) is 23.5. The number of carbonyl (C=O) groups is 1. The van der Waals surface area contributed by atoms with Gasteiger partial charge in [0.15, 0.2) is 17.3 Å². The molecule has 3 aromatic rings. The summed E-state index contributed by atoms with van der Waals surface area (Å²) in [5, 5.41) is 10.9. The third-order valence-electron chi connectivity index (χ3n) is 5.96. The molecular weight excluding hydrogens is 421 g/mol. The van der Waals surface area contributed by atoms with Crippen LogP contribution in [-0.2, 0) is 11.2 Å². The fourth-order valence-corrected chi connectivity index (χ4v) is 4.22. The number of hydrogen-bond donors (Lipinski definition) is 1. The van der Waals surface area contributed by atoms with Gasteiger partial charge in [0.05, 0.1) is 20.3 Å². The minimum Gasteiger partial charge on any atom is -0.503 e. The third-order valence-corrected chi connectivity index (χ3v) is 5.96. The number of carbonyl (C=O) groups excluding carboxylic acids is 1. The highest BCUT2D eigenvalue weighted by Crippen LogP contribution is 2.43. The lowest BCUT2D eigenvalue weighted by Gasteiger charge is -2.28. The number of halogens is 1. The average molecular weight is 448 g/mol. The van der Waals surface area contributed by atoms with Gasteiger partial charge in [-0.05, 0) is 42.7 Å². The molecule has 6 heteroatoms. The van der Waals surface area contributed by atoms with Crippen molar-refractivity contribution < 1.29 is 23.8 Å². The molecule has 1 N–H and O–H groups in total. The fourth-order valence-electron chi connectivity index (χ4n) is 4.22. The molecule has 1 heterocycles. The first kappa shape index (κ1) is 22.4. The van der Waals surface area contributed by atoms with Gasteiger partial charge in [0.1, 0.15) is 5.82 Å². The molecular formula is C27H26FNO4. The Balaban J connectivity index is 1.70. The third kappa shape index (κ3) is 4.29. The molecule has 0 aliphatic carbocycles. The average Bonchev–Trinajstić information content (AvgIpc) is 3.08. The molecule has 0 bridgehead atoms. The summed E-state index contributed by atoms with van der Waals surface area (Å²) in [6.07, 6.45) is 0.492. The molecule has 0 saturated carbocycles. The number of aryl methyl sites for hydroxylation is 1. The SMILES string of the molecule is COc1ccc(CCN2C(=O)C(O)=C(c3ccc(C)cc3)[C@@H]2c2ccccc2F)cc1OC. The van der Waals surface area contributed by atoms with Crippen molar-refractivity contribution in [3.63, 3.8) is 0 Å². The Hall–Kier alpha value is -3.80. The summed E-state index contributed by atoms with van der Waals surface area (Å²) < 4.78 is 25.6. The maximum absolute atomic E-state index is 14.9. The van der Waals surface area contributed by atoms with Gasteiger partial charge in [0.2, 0.25) is 0 Å². The van der Waals surface area contributed by atoms with Crippen LogP contribution in [0.25, 0.3) is 5.57 Å². The molecule has 170 valence electrons. The van der Waals surface area contributed by atoms with E-state index >= 15 is 0 Å². The van der Waals surface area contributed by atoms with Gasteiger partial charge in [-0.3, -0.25) is 4.79 Å². The van der Waals surface area contributed by atoms with E-state index in [0.717, 1.165) is 11.1 Å². The van der Waals surface area contributed by atoms with E-state index < -0.39 is 17.8 Å². The summed E-state index contributed by atoms with van der Waals surface area (Å²) >= 11 is 0. The van der Waals surface area contributed by atoms with Gasteiger partial charge in [-0.1, -0.05) is 54.1 Å². The molecule has 0 aromatic heterocycles. The number of amides is 1. The number of hydrogen-bond acceptors (Lipinski definition) is 4. The van der Waals surface area contributed by atoms with E-state index in [0.29, 0.717) is 34.6 Å². The second kappa shape index (κ2) is 9.36. The Labute approximate surface area is 192 Å². The summed E-state index contributed by atoms with van der Waals surface area (Å²) in [6, 6.07) is 18.7. The Morgan fingerprint density at radius 3 is 2.33 bits per heavy atom. The smallest absolute Gasteiger partial charge is 0.289 e. The van der Waals surface area contributed by atoms with Crippen LogP contribution in [0.15, 0.2) is 72.5 Å². The molecule has 0 saturated heterocycles. The first-order valence-electron chi connectivity index (χ1n) is 10.7. The molecule has 33 heavy (non-hydrogen) atoms.